The van der Waals surface area contributed by atoms with Crippen molar-refractivity contribution in [2.24, 2.45) is 0 Å². The number of aliphatic carboxylic acids is 4. The average Bonchev–Trinajstić information content (AvgIpc) is 3.35. The second-order valence-corrected chi connectivity index (χ2v) is 21.5. The fourth-order valence-electron chi connectivity index (χ4n) is 9.15. The van der Waals surface area contributed by atoms with Crippen molar-refractivity contribution in [2.45, 2.75) is 387 Å². The first-order valence-corrected chi connectivity index (χ1v) is 31.9. The van der Waals surface area contributed by atoms with Gasteiger partial charge < -0.3 is 39.6 Å². The van der Waals surface area contributed by atoms with Crippen molar-refractivity contribution in [3.05, 3.63) is 0 Å². The van der Waals surface area contributed by atoms with E-state index in [2.05, 4.69) is 27.7 Å². The molecule has 0 spiro atoms. The van der Waals surface area contributed by atoms with Gasteiger partial charge >= 0.3 is 23.1 Å². The average molecular weight is 1050 g/mol. The molecule has 0 saturated heterocycles. The molecule has 0 aromatic heterocycles. The van der Waals surface area contributed by atoms with E-state index >= 15 is 0 Å². The van der Waals surface area contributed by atoms with Crippen LogP contribution in [0.4, 0.5) is 0 Å². The largest absolute Gasteiger partial charge is 2.00 e. The third-order valence-electron chi connectivity index (χ3n) is 13.9. The maximum Gasteiger partial charge on any atom is 2.00 e. The van der Waals surface area contributed by atoms with E-state index in [0.29, 0.717) is 0 Å². The van der Waals surface area contributed by atoms with E-state index in [1.165, 1.54) is 283 Å². The van der Waals surface area contributed by atoms with Crippen LogP contribution in [-0.4, -0.2) is 46.9 Å². The molecule has 432 valence electrons. The molecule has 0 radical (unpaired) electrons. The van der Waals surface area contributed by atoms with E-state index in [-0.39, 0.29) is 48.7 Å². The number of carbonyl (C=O) groups excluding carboxylic acids is 4. The summed E-state index contributed by atoms with van der Waals surface area (Å²) in [5.41, 5.74) is 0. The van der Waals surface area contributed by atoms with Crippen LogP contribution in [0.1, 0.15) is 387 Å². The first kappa shape index (κ1) is 80.5. The third kappa shape index (κ3) is 96.8. The van der Waals surface area contributed by atoms with Gasteiger partial charge in [0, 0.05) is 23.9 Å². The van der Waals surface area contributed by atoms with Gasteiger partial charge in [-0.3, -0.25) is 0 Å². The predicted molar refractivity (Wildman–Crippen MR) is 307 cm³/mol. The first-order chi connectivity index (χ1) is 35.1. The first-order valence-electron chi connectivity index (χ1n) is 31.9. The minimum atomic E-state index is -0.905. The molecular weight excluding hydrogens is 921 g/mol. The summed E-state index contributed by atoms with van der Waals surface area (Å²) in [4.78, 5) is 40.8. The van der Waals surface area contributed by atoms with E-state index in [1.54, 1.807) is 0 Å². The molecule has 0 saturated carbocycles. The summed E-state index contributed by atoms with van der Waals surface area (Å²) in [5.74, 6) is -3.62. The van der Waals surface area contributed by atoms with Gasteiger partial charge in [-0.25, -0.2) is 0 Å². The Hall–Kier alpha value is -1.35. The summed E-state index contributed by atoms with van der Waals surface area (Å²) >= 11 is 0. The van der Waals surface area contributed by atoms with Gasteiger partial charge in [-0.2, -0.15) is 0 Å². The molecular formula is C64H124MgO8-2. The minimum Gasteiger partial charge on any atom is -0.550 e. The standard InChI is InChI=1S/4C16H32O2.Mg/c4*1-2-3-4-5-6-7-8-9-10-11-12-13-14-15-16(17)18;/h4*2-15H2,1H3,(H,17,18);/q;;;;+2/p-4. The number of carboxylic acid groups (broad SMARTS) is 4. The summed E-state index contributed by atoms with van der Waals surface area (Å²) in [7, 11) is 0. The molecule has 0 fully saturated rings. The van der Waals surface area contributed by atoms with Crippen molar-refractivity contribution < 1.29 is 39.6 Å². The monoisotopic (exact) mass is 1040 g/mol. The molecule has 0 atom stereocenters. The van der Waals surface area contributed by atoms with Gasteiger partial charge in [-0.05, 0) is 51.4 Å². The van der Waals surface area contributed by atoms with E-state index in [4.69, 9.17) is 0 Å². The molecule has 0 aliphatic carbocycles. The van der Waals surface area contributed by atoms with Crippen LogP contribution in [0.3, 0.4) is 0 Å². The normalized spacial score (nSPS) is 10.6. The summed E-state index contributed by atoms with van der Waals surface area (Å²) in [6, 6.07) is 0. The van der Waals surface area contributed by atoms with Gasteiger partial charge in [0.05, 0.1) is 0 Å². The Balaban J connectivity index is -0.000000280. The number of rotatable bonds is 56. The Bertz CT molecular complexity index is 879. The van der Waals surface area contributed by atoms with Crippen LogP contribution < -0.4 is 20.4 Å². The molecule has 0 unspecified atom stereocenters. The van der Waals surface area contributed by atoms with Crippen LogP contribution >= 0.6 is 0 Å². The fourth-order valence-corrected chi connectivity index (χ4v) is 9.15. The molecule has 0 N–H and O–H groups in total. The van der Waals surface area contributed by atoms with Crippen molar-refractivity contribution in [2.75, 3.05) is 0 Å². The van der Waals surface area contributed by atoms with Gasteiger partial charge in [0.2, 0.25) is 0 Å². The second-order valence-electron chi connectivity index (χ2n) is 21.5. The second kappa shape index (κ2) is 77.1. The van der Waals surface area contributed by atoms with E-state index < -0.39 is 23.9 Å². The zero-order chi connectivity index (χ0) is 53.9. The number of carboxylic acids is 4. The van der Waals surface area contributed by atoms with Crippen molar-refractivity contribution in [3.8, 4) is 0 Å². The molecule has 0 amide bonds. The van der Waals surface area contributed by atoms with E-state index in [0.717, 1.165) is 51.4 Å². The van der Waals surface area contributed by atoms with Gasteiger partial charge in [0.15, 0.2) is 0 Å². The van der Waals surface area contributed by atoms with Gasteiger partial charge in [-0.1, -0.05) is 336 Å². The van der Waals surface area contributed by atoms with Gasteiger partial charge in [0.1, 0.15) is 0 Å². The maximum absolute atomic E-state index is 10.2. The summed E-state index contributed by atoms with van der Waals surface area (Å²) in [6.45, 7) is 9.03. The summed E-state index contributed by atoms with van der Waals surface area (Å²) in [5, 5.41) is 40.8. The van der Waals surface area contributed by atoms with Crippen LogP contribution in [0.5, 0.6) is 0 Å². The summed E-state index contributed by atoms with van der Waals surface area (Å²) in [6.07, 6.45) is 67.7. The number of carbonyl (C=O) groups is 4. The topological polar surface area (TPSA) is 161 Å². The van der Waals surface area contributed by atoms with Crippen LogP contribution in [-0.2, 0) is 19.2 Å². The summed E-state index contributed by atoms with van der Waals surface area (Å²) < 4.78 is 0. The van der Waals surface area contributed by atoms with Crippen molar-refractivity contribution in [3.63, 3.8) is 0 Å². The van der Waals surface area contributed by atoms with Crippen LogP contribution in [0.15, 0.2) is 0 Å². The molecule has 9 heteroatoms. The Morgan fingerprint density at radius 2 is 0.260 bits per heavy atom. The Morgan fingerprint density at radius 1 is 0.178 bits per heavy atom. The van der Waals surface area contributed by atoms with Crippen molar-refractivity contribution >= 4 is 46.9 Å². The smallest absolute Gasteiger partial charge is 0.550 e. The van der Waals surface area contributed by atoms with Crippen LogP contribution in [0.2, 0.25) is 0 Å². The molecule has 0 rings (SSSR count). The molecule has 73 heavy (non-hydrogen) atoms. The van der Waals surface area contributed by atoms with Crippen molar-refractivity contribution in [1.82, 2.24) is 0 Å². The van der Waals surface area contributed by atoms with Crippen LogP contribution in [0, 0.1) is 0 Å². The SMILES string of the molecule is CCCCCCCCCCCCCCCC(=O)[O-].CCCCCCCCCCCCCCCC(=O)[O-].CCCCCCCCCCCCCCCC(=O)[O-].CCCCCCCCCCCCCCCC(=O)[O-].[Mg+2]. The predicted octanol–water partition coefficient (Wildman–Crippen LogP) is 16.5. The zero-order valence-electron chi connectivity index (χ0n) is 49.6. The Labute approximate surface area is 471 Å². The Kier molecular flexibility index (Phi) is 85.1. The number of unbranched alkanes of at least 4 members (excludes halogenated alkanes) is 48. The molecule has 0 bridgehead atoms. The minimum absolute atomic E-state index is 0. The quantitative estimate of drug-likeness (QED) is 0.0430. The van der Waals surface area contributed by atoms with E-state index in [1.807, 2.05) is 0 Å². The third-order valence-corrected chi connectivity index (χ3v) is 13.9. The number of hydrogen-bond acceptors (Lipinski definition) is 8. The van der Waals surface area contributed by atoms with Crippen molar-refractivity contribution in [1.29, 1.82) is 0 Å². The molecule has 0 aromatic rings. The van der Waals surface area contributed by atoms with Gasteiger partial charge in [0.25, 0.3) is 0 Å². The van der Waals surface area contributed by atoms with E-state index in [9.17, 15) is 39.6 Å². The number of hydrogen-bond donors (Lipinski definition) is 0. The molecule has 0 aliphatic rings. The van der Waals surface area contributed by atoms with Gasteiger partial charge in [-0.15, -0.1) is 0 Å². The molecule has 8 nitrogen and oxygen atoms in total. The van der Waals surface area contributed by atoms with Crippen LogP contribution in [0.25, 0.3) is 0 Å². The maximum atomic E-state index is 10.2. The molecule has 0 heterocycles. The zero-order valence-corrected chi connectivity index (χ0v) is 51.0. The molecule has 0 aliphatic heterocycles. The fraction of sp³-hybridized carbons (Fsp3) is 0.938. The Morgan fingerprint density at radius 3 is 0.342 bits per heavy atom. The molecule has 0 aromatic carbocycles.